The van der Waals surface area contributed by atoms with Crippen LogP contribution in [0.3, 0.4) is 0 Å². The first-order valence-corrected chi connectivity index (χ1v) is 10.6. The molecule has 1 aliphatic heterocycles. The zero-order valence-corrected chi connectivity index (χ0v) is 18.1. The summed E-state index contributed by atoms with van der Waals surface area (Å²) >= 11 is 10.6. The number of aromatic hydroxyl groups is 1. The largest absolute Gasteiger partial charge is 0.506 e. The highest BCUT2D eigenvalue weighted by atomic mass is 79.9. The maximum Gasteiger partial charge on any atom is 0.271 e. The minimum absolute atomic E-state index is 0.0232. The van der Waals surface area contributed by atoms with E-state index in [-0.39, 0.29) is 11.7 Å². The molecular weight excluding hydrogens is 472 g/mol. The van der Waals surface area contributed by atoms with Crippen molar-refractivity contribution in [3.8, 4) is 5.75 Å². The van der Waals surface area contributed by atoms with Crippen molar-refractivity contribution in [3.05, 3.63) is 92.8 Å². The van der Waals surface area contributed by atoms with Gasteiger partial charge in [-0.3, -0.25) is 9.69 Å². The zero-order chi connectivity index (χ0) is 20.4. The Morgan fingerprint density at radius 1 is 1.03 bits per heavy atom. The third-order valence-corrected chi connectivity index (χ3v) is 5.94. The molecule has 1 heterocycles. The summed E-state index contributed by atoms with van der Waals surface area (Å²) in [5.74, 6) is -0.193. The Bertz CT molecular complexity index is 1130. The first-order valence-electron chi connectivity index (χ1n) is 8.64. The molecule has 0 radical (unpaired) electrons. The molecule has 0 unspecified atom stereocenters. The molecule has 3 aromatic carbocycles. The molecule has 4 nitrogen and oxygen atoms in total. The standard InChI is InChI=1S/C22H14BrClN2O2S/c23-18-13-15(24)11-14(20(18)27)12-19-21(28)26(17-9-5-2-6-10-17)22(29-19)25-16-7-3-1-4-8-16/h1-13,27H. The Hall–Kier alpha value is -2.54. The molecule has 29 heavy (non-hydrogen) atoms. The molecule has 1 saturated heterocycles. The number of anilines is 1. The Morgan fingerprint density at radius 2 is 1.69 bits per heavy atom. The number of amides is 1. The summed E-state index contributed by atoms with van der Waals surface area (Å²) in [7, 11) is 0. The van der Waals surface area contributed by atoms with Gasteiger partial charge in [-0.05, 0) is 70.2 Å². The predicted molar refractivity (Wildman–Crippen MR) is 124 cm³/mol. The number of nitrogens with zero attached hydrogens (tertiary/aromatic N) is 2. The summed E-state index contributed by atoms with van der Waals surface area (Å²) in [6.07, 6.45) is 1.63. The van der Waals surface area contributed by atoms with Gasteiger partial charge in [-0.15, -0.1) is 0 Å². The van der Waals surface area contributed by atoms with Gasteiger partial charge in [-0.1, -0.05) is 48.0 Å². The molecule has 144 valence electrons. The highest BCUT2D eigenvalue weighted by Gasteiger charge is 2.35. The van der Waals surface area contributed by atoms with Gasteiger partial charge in [0.2, 0.25) is 0 Å². The number of hydrogen-bond donors (Lipinski definition) is 1. The van der Waals surface area contributed by atoms with Gasteiger partial charge >= 0.3 is 0 Å². The SMILES string of the molecule is O=C1C(=Cc2cc(Cl)cc(Br)c2O)SC(=Nc2ccccc2)N1c1ccccc1. The van der Waals surface area contributed by atoms with Crippen LogP contribution in [-0.4, -0.2) is 16.2 Å². The molecule has 3 aromatic rings. The zero-order valence-electron chi connectivity index (χ0n) is 14.9. The number of phenolic OH excluding ortho intramolecular Hbond substituents is 1. The van der Waals surface area contributed by atoms with Crippen LogP contribution < -0.4 is 4.90 Å². The van der Waals surface area contributed by atoms with Crippen LogP contribution in [0.1, 0.15) is 5.56 Å². The number of para-hydroxylation sites is 2. The lowest BCUT2D eigenvalue weighted by molar-refractivity contribution is -0.113. The average Bonchev–Trinajstić information content (AvgIpc) is 3.02. The maximum atomic E-state index is 13.2. The molecule has 1 amide bonds. The van der Waals surface area contributed by atoms with Crippen molar-refractivity contribution in [1.29, 1.82) is 0 Å². The van der Waals surface area contributed by atoms with E-state index in [9.17, 15) is 9.90 Å². The molecule has 1 aliphatic rings. The molecule has 0 aromatic heterocycles. The number of thioether (sulfide) groups is 1. The molecule has 0 aliphatic carbocycles. The van der Waals surface area contributed by atoms with Crippen LogP contribution in [0.4, 0.5) is 11.4 Å². The van der Waals surface area contributed by atoms with Gasteiger partial charge in [0.25, 0.3) is 5.91 Å². The molecule has 0 saturated carbocycles. The van der Waals surface area contributed by atoms with E-state index in [0.29, 0.717) is 25.1 Å². The van der Waals surface area contributed by atoms with Crippen molar-refractivity contribution < 1.29 is 9.90 Å². The highest BCUT2D eigenvalue weighted by Crippen LogP contribution is 2.40. The number of amidine groups is 1. The second-order valence-corrected chi connectivity index (χ2v) is 8.44. The van der Waals surface area contributed by atoms with Crippen molar-refractivity contribution in [1.82, 2.24) is 0 Å². The Morgan fingerprint density at radius 3 is 2.38 bits per heavy atom. The fourth-order valence-electron chi connectivity index (χ4n) is 2.80. The van der Waals surface area contributed by atoms with Crippen molar-refractivity contribution in [2.24, 2.45) is 4.99 Å². The summed E-state index contributed by atoms with van der Waals surface area (Å²) < 4.78 is 0.463. The highest BCUT2D eigenvalue weighted by molar-refractivity contribution is 9.10. The lowest BCUT2D eigenvalue weighted by atomic mass is 10.2. The first kappa shape index (κ1) is 19.8. The van der Waals surface area contributed by atoms with Crippen molar-refractivity contribution in [2.75, 3.05) is 4.90 Å². The fourth-order valence-corrected chi connectivity index (χ4v) is 4.63. The van der Waals surface area contributed by atoms with Crippen molar-refractivity contribution in [2.45, 2.75) is 0 Å². The van der Waals surface area contributed by atoms with Crippen LogP contribution in [0, 0.1) is 0 Å². The molecule has 0 spiro atoms. The molecule has 0 atom stereocenters. The number of aliphatic imine (C=N–C) groups is 1. The second-order valence-electron chi connectivity index (χ2n) is 6.14. The van der Waals surface area contributed by atoms with Gasteiger partial charge in [0.15, 0.2) is 5.17 Å². The number of phenols is 1. The van der Waals surface area contributed by atoms with E-state index in [1.165, 1.54) is 11.8 Å². The van der Waals surface area contributed by atoms with Crippen LogP contribution in [-0.2, 0) is 4.79 Å². The quantitative estimate of drug-likeness (QED) is 0.424. The number of rotatable bonds is 3. The van der Waals surface area contributed by atoms with Crippen LogP contribution in [0.2, 0.25) is 5.02 Å². The number of hydrogen-bond acceptors (Lipinski definition) is 4. The Labute approximate surface area is 185 Å². The monoisotopic (exact) mass is 484 g/mol. The molecule has 0 bridgehead atoms. The third-order valence-electron chi connectivity index (χ3n) is 4.15. The van der Waals surface area contributed by atoms with Gasteiger partial charge in [0.1, 0.15) is 5.75 Å². The van der Waals surface area contributed by atoms with E-state index in [1.54, 1.807) is 23.1 Å². The number of carbonyl (C=O) groups is 1. The molecule has 4 rings (SSSR count). The number of halogens is 2. The van der Waals surface area contributed by atoms with E-state index in [1.807, 2.05) is 60.7 Å². The van der Waals surface area contributed by atoms with E-state index < -0.39 is 0 Å². The van der Waals surface area contributed by atoms with Crippen LogP contribution in [0.15, 0.2) is 87.2 Å². The van der Waals surface area contributed by atoms with Gasteiger partial charge in [-0.25, -0.2) is 4.99 Å². The minimum atomic E-state index is -0.216. The summed E-state index contributed by atoms with van der Waals surface area (Å²) in [6, 6.07) is 22.0. The van der Waals surface area contributed by atoms with Crippen molar-refractivity contribution in [3.63, 3.8) is 0 Å². The summed E-state index contributed by atoms with van der Waals surface area (Å²) in [5.41, 5.74) is 1.92. The average molecular weight is 486 g/mol. The summed E-state index contributed by atoms with van der Waals surface area (Å²) in [4.78, 5) is 19.9. The van der Waals surface area contributed by atoms with E-state index >= 15 is 0 Å². The van der Waals surface area contributed by atoms with Gasteiger partial charge < -0.3 is 5.11 Å². The fraction of sp³-hybridized carbons (Fsp3) is 0. The Kier molecular flexibility index (Phi) is 5.76. The van der Waals surface area contributed by atoms with E-state index in [4.69, 9.17) is 11.6 Å². The summed E-state index contributed by atoms with van der Waals surface area (Å²) in [5, 5.41) is 11.3. The summed E-state index contributed by atoms with van der Waals surface area (Å²) in [6.45, 7) is 0. The smallest absolute Gasteiger partial charge is 0.271 e. The van der Waals surface area contributed by atoms with E-state index in [0.717, 1.165) is 11.4 Å². The number of benzene rings is 3. The van der Waals surface area contributed by atoms with Crippen LogP contribution in [0.25, 0.3) is 6.08 Å². The lowest BCUT2D eigenvalue weighted by Gasteiger charge is -2.15. The Balaban J connectivity index is 1.80. The molecule has 1 N–H and O–H groups in total. The van der Waals surface area contributed by atoms with Crippen LogP contribution in [0.5, 0.6) is 5.75 Å². The first-order chi connectivity index (χ1) is 14.0. The maximum absolute atomic E-state index is 13.2. The van der Waals surface area contributed by atoms with Crippen molar-refractivity contribution >= 4 is 67.8 Å². The minimum Gasteiger partial charge on any atom is -0.506 e. The molecular formula is C22H14BrClN2O2S. The lowest BCUT2D eigenvalue weighted by Crippen LogP contribution is -2.28. The van der Waals surface area contributed by atoms with E-state index in [2.05, 4.69) is 20.9 Å². The second kappa shape index (κ2) is 8.45. The predicted octanol–water partition coefficient (Wildman–Crippen LogP) is 6.62. The van der Waals surface area contributed by atoms with Crippen LogP contribution >= 0.6 is 39.3 Å². The normalized spacial score (nSPS) is 16.8. The third kappa shape index (κ3) is 4.24. The molecule has 7 heteroatoms. The van der Waals surface area contributed by atoms with Gasteiger partial charge in [0, 0.05) is 10.6 Å². The number of carbonyl (C=O) groups excluding carboxylic acids is 1. The van der Waals surface area contributed by atoms with Gasteiger partial charge in [0.05, 0.1) is 20.8 Å². The van der Waals surface area contributed by atoms with Gasteiger partial charge in [-0.2, -0.15) is 0 Å². The topological polar surface area (TPSA) is 52.9 Å². The molecule has 1 fully saturated rings.